The number of methoxy groups -OCH3 is 1. The van der Waals surface area contributed by atoms with Crippen molar-refractivity contribution in [2.24, 2.45) is 0 Å². The molecule has 0 saturated carbocycles. The quantitative estimate of drug-likeness (QED) is 0.388. The van der Waals surface area contributed by atoms with E-state index in [0.29, 0.717) is 24.0 Å². The summed E-state index contributed by atoms with van der Waals surface area (Å²) in [4.78, 5) is 14.5. The van der Waals surface area contributed by atoms with Crippen LogP contribution in [0.4, 0.5) is 0 Å². The molecule has 7 nitrogen and oxygen atoms in total. The number of rotatable bonds is 8. The first kappa shape index (κ1) is 20.6. The molecule has 0 spiro atoms. The van der Waals surface area contributed by atoms with Gasteiger partial charge in [-0.2, -0.15) is 0 Å². The summed E-state index contributed by atoms with van der Waals surface area (Å²) in [5.41, 5.74) is 1.77. The van der Waals surface area contributed by atoms with Crippen molar-refractivity contribution < 1.29 is 14.2 Å². The van der Waals surface area contributed by atoms with Crippen LogP contribution in [0, 0.1) is 0 Å². The van der Waals surface area contributed by atoms with Gasteiger partial charge in [0.25, 0.3) is 0 Å². The Morgan fingerprint density at radius 1 is 0.969 bits per heavy atom. The van der Waals surface area contributed by atoms with Crippen molar-refractivity contribution in [2.45, 2.75) is 25.7 Å². The fraction of sp³-hybridized carbons (Fsp3) is 0.360. The Labute approximate surface area is 187 Å². The van der Waals surface area contributed by atoms with Crippen LogP contribution in [0.25, 0.3) is 21.8 Å². The molecule has 2 aromatic heterocycles. The fourth-order valence-electron chi connectivity index (χ4n) is 4.30. The number of hydrogen-bond acceptors (Lipinski definition) is 6. The molecule has 7 heteroatoms. The van der Waals surface area contributed by atoms with Crippen LogP contribution in [0.2, 0.25) is 0 Å². The van der Waals surface area contributed by atoms with E-state index in [0.717, 1.165) is 40.5 Å². The highest BCUT2D eigenvalue weighted by Crippen LogP contribution is 2.37. The summed E-state index contributed by atoms with van der Waals surface area (Å²) in [7, 11) is 1.65. The van der Waals surface area contributed by atoms with E-state index in [2.05, 4.69) is 19.9 Å². The summed E-state index contributed by atoms with van der Waals surface area (Å²) < 4.78 is 17.9. The number of hydrogen-bond donors (Lipinski definition) is 1. The lowest BCUT2D eigenvalue weighted by Crippen LogP contribution is -2.31. The van der Waals surface area contributed by atoms with E-state index in [1.807, 2.05) is 42.6 Å². The average molecular weight is 433 g/mol. The second-order valence-corrected chi connectivity index (χ2v) is 8.10. The van der Waals surface area contributed by atoms with Crippen molar-refractivity contribution in [3.8, 4) is 23.1 Å². The number of ether oxygens (including phenoxy) is 3. The van der Waals surface area contributed by atoms with Crippen LogP contribution < -0.4 is 14.2 Å². The van der Waals surface area contributed by atoms with Gasteiger partial charge in [0.1, 0.15) is 12.1 Å². The third-order valence-corrected chi connectivity index (χ3v) is 5.97. The fourth-order valence-corrected chi connectivity index (χ4v) is 4.30. The largest absolute Gasteiger partial charge is 0.493 e. The van der Waals surface area contributed by atoms with Crippen molar-refractivity contribution in [2.75, 3.05) is 33.4 Å². The smallest absolute Gasteiger partial charge is 0.230 e. The molecule has 5 rings (SSSR count). The SMILES string of the molecule is COc1cc2c(Oc3cccc4[nH]ccc34)ncnc2cc1OCCCN1CCCCC1. The minimum absolute atomic E-state index is 0.485. The molecule has 0 atom stereocenters. The van der Waals surface area contributed by atoms with Crippen LogP contribution in [0.1, 0.15) is 25.7 Å². The molecule has 0 aliphatic carbocycles. The van der Waals surface area contributed by atoms with Gasteiger partial charge in [0.05, 0.1) is 24.6 Å². The molecule has 32 heavy (non-hydrogen) atoms. The maximum atomic E-state index is 6.20. The molecule has 0 unspecified atom stereocenters. The number of nitrogens with zero attached hydrogens (tertiary/aromatic N) is 3. The van der Waals surface area contributed by atoms with Crippen LogP contribution in [-0.4, -0.2) is 53.2 Å². The molecule has 0 radical (unpaired) electrons. The van der Waals surface area contributed by atoms with Crippen LogP contribution in [0.15, 0.2) is 48.9 Å². The van der Waals surface area contributed by atoms with Gasteiger partial charge < -0.3 is 24.1 Å². The predicted molar refractivity (Wildman–Crippen MR) is 125 cm³/mol. The molecule has 0 bridgehead atoms. The summed E-state index contributed by atoms with van der Waals surface area (Å²) in [6.07, 6.45) is 8.37. The normalized spacial score (nSPS) is 14.7. The average Bonchev–Trinajstić information content (AvgIpc) is 3.32. The number of piperidine rings is 1. The summed E-state index contributed by atoms with van der Waals surface area (Å²) in [5.74, 6) is 2.56. The Morgan fingerprint density at radius 3 is 2.75 bits per heavy atom. The van der Waals surface area contributed by atoms with Gasteiger partial charge >= 0.3 is 0 Å². The number of nitrogens with one attached hydrogen (secondary N) is 1. The van der Waals surface area contributed by atoms with E-state index in [4.69, 9.17) is 14.2 Å². The zero-order valence-electron chi connectivity index (χ0n) is 18.3. The molecular formula is C25H28N4O3. The lowest BCUT2D eigenvalue weighted by atomic mass is 10.1. The number of aromatic amines is 1. The number of likely N-dealkylation sites (tertiary alicyclic amines) is 1. The van der Waals surface area contributed by atoms with Gasteiger partial charge in [-0.3, -0.25) is 0 Å². The summed E-state index contributed by atoms with van der Waals surface area (Å²) in [6, 6.07) is 11.7. The number of fused-ring (bicyclic) bond motifs is 2. The van der Waals surface area contributed by atoms with E-state index in [1.165, 1.54) is 38.7 Å². The van der Waals surface area contributed by atoms with Crippen LogP contribution >= 0.6 is 0 Å². The lowest BCUT2D eigenvalue weighted by molar-refractivity contribution is 0.203. The topological polar surface area (TPSA) is 72.5 Å². The minimum atomic E-state index is 0.485. The number of H-pyrrole nitrogens is 1. The van der Waals surface area contributed by atoms with Crippen molar-refractivity contribution in [3.63, 3.8) is 0 Å². The standard InChI is InChI=1S/C25H28N4O3/c1-30-23-15-19-21(16-24(23)31-14-6-13-29-11-3-2-4-12-29)27-17-28-25(19)32-22-8-5-7-20-18(22)9-10-26-20/h5,7-10,15-17,26H,2-4,6,11-14H2,1H3. The highest BCUT2D eigenvalue weighted by atomic mass is 16.5. The molecule has 1 fully saturated rings. The zero-order chi connectivity index (χ0) is 21.8. The monoisotopic (exact) mass is 432 g/mol. The minimum Gasteiger partial charge on any atom is -0.493 e. The summed E-state index contributed by atoms with van der Waals surface area (Å²) in [6.45, 7) is 4.12. The van der Waals surface area contributed by atoms with Crippen molar-refractivity contribution >= 4 is 21.8 Å². The van der Waals surface area contributed by atoms with E-state index < -0.39 is 0 Å². The number of benzene rings is 2. The Morgan fingerprint density at radius 2 is 1.88 bits per heavy atom. The highest BCUT2D eigenvalue weighted by molar-refractivity contribution is 5.89. The molecule has 4 aromatic rings. The second-order valence-electron chi connectivity index (χ2n) is 8.10. The highest BCUT2D eigenvalue weighted by Gasteiger charge is 2.15. The predicted octanol–water partition coefficient (Wildman–Crippen LogP) is 5.17. The van der Waals surface area contributed by atoms with Gasteiger partial charge in [0.15, 0.2) is 11.5 Å². The molecule has 1 saturated heterocycles. The molecule has 1 N–H and O–H groups in total. The summed E-state index contributed by atoms with van der Waals surface area (Å²) in [5, 5.41) is 1.78. The molecule has 3 heterocycles. The van der Waals surface area contributed by atoms with Gasteiger partial charge in [-0.05, 0) is 56.6 Å². The molecule has 2 aromatic carbocycles. The molecule has 1 aliphatic rings. The Balaban J connectivity index is 1.34. The van der Waals surface area contributed by atoms with E-state index in [9.17, 15) is 0 Å². The van der Waals surface area contributed by atoms with Gasteiger partial charge in [-0.25, -0.2) is 9.97 Å². The van der Waals surface area contributed by atoms with Gasteiger partial charge in [-0.15, -0.1) is 0 Å². The molecule has 0 amide bonds. The Hall–Kier alpha value is -3.32. The van der Waals surface area contributed by atoms with Gasteiger partial charge in [0, 0.05) is 29.7 Å². The third-order valence-electron chi connectivity index (χ3n) is 5.97. The van der Waals surface area contributed by atoms with Crippen molar-refractivity contribution in [1.29, 1.82) is 0 Å². The maximum Gasteiger partial charge on any atom is 0.230 e. The first-order valence-corrected chi connectivity index (χ1v) is 11.2. The first-order chi connectivity index (χ1) is 15.8. The Bertz CT molecular complexity index is 1200. The van der Waals surface area contributed by atoms with Crippen molar-refractivity contribution in [1.82, 2.24) is 19.9 Å². The van der Waals surface area contributed by atoms with E-state index >= 15 is 0 Å². The number of aromatic nitrogens is 3. The van der Waals surface area contributed by atoms with E-state index in [-0.39, 0.29) is 0 Å². The third kappa shape index (κ3) is 4.34. The van der Waals surface area contributed by atoms with Crippen LogP contribution in [0.5, 0.6) is 23.1 Å². The van der Waals surface area contributed by atoms with Gasteiger partial charge in [0.2, 0.25) is 5.88 Å². The molecule has 1 aliphatic heterocycles. The van der Waals surface area contributed by atoms with E-state index in [1.54, 1.807) is 7.11 Å². The van der Waals surface area contributed by atoms with Crippen molar-refractivity contribution in [3.05, 3.63) is 48.9 Å². The maximum absolute atomic E-state index is 6.20. The van der Waals surface area contributed by atoms with Crippen LogP contribution in [0.3, 0.4) is 0 Å². The Kier molecular flexibility index (Phi) is 6.07. The zero-order valence-corrected chi connectivity index (χ0v) is 18.3. The molecule has 166 valence electrons. The molecular weight excluding hydrogens is 404 g/mol. The van der Waals surface area contributed by atoms with Crippen LogP contribution in [-0.2, 0) is 0 Å². The first-order valence-electron chi connectivity index (χ1n) is 11.2. The van der Waals surface area contributed by atoms with Gasteiger partial charge in [-0.1, -0.05) is 12.5 Å². The lowest BCUT2D eigenvalue weighted by Gasteiger charge is -2.26. The second kappa shape index (κ2) is 9.44. The summed E-state index contributed by atoms with van der Waals surface area (Å²) >= 11 is 0.